The zero-order valence-electron chi connectivity index (χ0n) is 13.3. The standard InChI is InChI=1S/C19H21NO3/c1-13(21)16-17(14-8-4-2-5-9-14)19(16,12-20)18(22)23-15-10-6-3-7-11-15/h2,4-5,8-9,15-17H,3,6-7,10-11H2,1H3/t16-,17+,19+/m0/s1. The van der Waals surface area contributed by atoms with E-state index in [9.17, 15) is 14.9 Å². The SMILES string of the molecule is CC(=O)[C@H]1[C@@H](c2ccccc2)[C@]1(C#N)C(=O)OC1CCCCC1. The Morgan fingerprint density at radius 3 is 2.39 bits per heavy atom. The van der Waals surface area contributed by atoms with Gasteiger partial charge in [0.2, 0.25) is 0 Å². The topological polar surface area (TPSA) is 67.2 Å². The van der Waals surface area contributed by atoms with Crippen LogP contribution >= 0.6 is 0 Å². The smallest absolute Gasteiger partial charge is 0.328 e. The molecular weight excluding hydrogens is 290 g/mol. The van der Waals surface area contributed by atoms with Gasteiger partial charge in [0.05, 0.1) is 12.0 Å². The minimum absolute atomic E-state index is 0.105. The third-order valence-electron chi connectivity index (χ3n) is 5.15. The monoisotopic (exact) mass is 311 g/mol. The lowest BCUT2D eigenvalue weighted by Crippen LogP contribution is -2.28. The lowest BCUT2D eigenvalue weighted by atomic mass is 9.96. The van der Waals surface area contributed by atoms with E-state index < -0.39 is 17.3 Å². The fourth-order valence-electron chi connectivity index (χ4n) is 3.93. The summed E-state index contributed by atoms with van der Waals surface area (Å²) in [6.45, 7) is 1.45. The Bertz CT molecular complexity index is 642. The van der Waals surface area contributed by atoms with Crippen molar-refractivity contribution in [1.29, 1.82) is 5.26 Å². The lowest BCUT2D eigenvalue weighted by molar-refractivity contribution is -0.156. The average molecular weight is 311 g/mol. The first-order valence-corrected chi connectivity index (χ1v) is 8.29. The number of nitrogens with zero attached hydrogens (tertiary/aromatic N) is 1. The summed E-state index contributed by atoms with van der Waals surface area (Å²) in [7, 11) is 0. The number of carbonyl (C=O) groups excluding carboxylic acids is 2. The van der Waals surface area contributed by atoms with Crippen LogP contribution in [0.4, 0.5) is 0 Å². The molecule has 0 heterocycles. The molecule has 0 unspecified atom stereocenters. The van der Waals surface area contributed by atoms with Gasteiger partial charge in [-0.05, 0) is 38.2 Å². The van der Waals surface area contributed by atoms with Crippen LogP contribution in [0.25, 0.3) is 0 Å². The predicted octanol–water partition coefficient (Wildman–Crippen LogP) is 3.37. The molecule has 0 saturated heterocycles. The molecule has 2 aliphatic rings. The first-order valence-electron chi connectivity index (χ1n) is 8.29. The van der Waals surface area contributed by atoms with E-state index in [4.69, 9.17) is 4.74 Å². The van der Waals surface area contributed by atoms with Crippen molar-refractivity contribution in [3.05, 3.63) is 35.9 Å². The highest BCUT2D eigenvalue weighted by atomic mass is 16.5. The van der Waals surface area contributed by atoms with Gasteiger partial charge in [0.15, 0.2) is 5.41 Å². The van der Waals surface area contributed by atoms with Gasteiger partial charge in [-0.25, -0.2) is 0 Å². The molecule has 0 radical (unpaired) electrons. The van der Waals surface area contributed by atoms with Crippen molar-refractivity contribution in [2.45, 2.75) is 51.0 Å². The fourth-order valence-corrected chi connectivity index (χ4v) is 3.93. The van der Waals surface area contributed by atoms with Crippen LogP contribution in [-0.4, -0.2) is 17.9 Å². The number of ketones is 1. The van der Waals surface area contributed by atoms with Crippen LogP contribution in [0.15, 0.2) is 30.3 Å². The second-order valence-corrected chi connectivity index (χ2v) is 6.62. The largest absolute Gasteiger partial charge is 0.461 e. The first kappa shape index (κ1) is 15.7. The molecule has 2 fully saturated rings. The zero-order chi connectivity index (χ0) is 16.4. The molecule has 3 rings (SSSR count). The molecule has 0 aliphatic heterocycles. The van der Waals surface area contributed by atoms with Crippen molar-refractivity contribution in [2.75, 3.05) is 0 Å². The van der Waals surface area contributed by atoms with E-state index in [2.05, 4.69) is 6.07 Å². The first-order chi connectivity index (χ1) is 11.1. The third kappa shape index (κ3) is 2.65. The number of carbonyl (C=O) groups is 2. The summed E-state index contributed by atoms with van der Waals surface area (Å²) >= 11 is 0. The van der Waals surface area contributed by atoms with E-state index in [0.29, 0.717) is 0 Å². The molecule has 0 spiro atoms. The maximum absolute atomic E-state index is 12.7. The van der Waals surface area contributed by atoms with E-state index in [1.54, 1.807) is 0 Å². The summed E-state index contributed by atoms with van der Waals surface area (Å²) < 4.78 is 5.63. The number of esters is 1. The number of rotatable bonds is 4. The van der Waals surface area contributed by atoms with Crippen molar-refractivity contribution < 1.29 is 14.3 Å². The van der Waals surface area contributed by atoms with Gasteiger partial charge in [0, 0.05) is 5.92 Å². The van der Waals surface area contributed by atoms with Gasteiger partial charge in [-0.2, -0.15) is 5.26 Å². The normalized spacial score (nSPS) is 30.3. The molecule has 2 aliphatic carbocycles. The molecule has 4 nitrogen and oxygen atoms in total. The number of Topliss-reactive ketones (excluding diaryl/α,β-unsaturated/α-hetero) is 1. The van der Waals surface area contributed by atoms with Crippen LogP contribution in [0.5, 0.6) is 0 Å². The van der Waals surface area contributed by atoms with E-state index in [0.717, 1.165) is 31.2 Å². The minimum atomic E-state index is -1.34. The van der Waals surface area contributed by atoms with E-state index in [1.165, 1.54) is 13.3 Å². The van der Waals surface area contributed by atoms with Crippen molar-refractivity contribution >= 4 is 11.8 Å². The fraction of sp³-hybridized carbons (Fsp3) is 0.526. The van der Waals surface area contributed by atoms with Crippen LogP contribution in [0.2, 0.25) is 0 Å². The molecule has 3 atom stereocenters. The van der Waals surface area contributed by atoms with E-state index in [-0.39, 0.29) is 17.8 Å². The van der Waals surface area contributed by atoms with Crippen molar-refractivity contribution in [3.8, 4) is 6.07 Å². The zero-order valence-corrected chi connectivity index (χ0v) is 13.3. The Morgan fingerprint density at radius 2 is 1.83 bits per heavy atom. The molecular formula is C19H21NO3. The van der Waals surface area contributed by atoms with Crippen LogP contribution in [0, 0.1) is 22.7 Å². The molecule has 120 valence electrons. The molecule has 0 N–H and O–H groups in total. The quantitative estimate of drug-likeness (QED) is 0.799. The molecule has 23 heavy (non-hydrogen) atoms. The highest BCUT2D eigenvalue weighted by molar-refractivity contribution is 5.98. The maximum atomic E-state index is 12.7. The van der Waals surface area contributed by atoms with Gasteiger partial charge in [-0.15, -0.1) is 0 Å². The van der Waals surface area contributed by atoms with Gasteiger partial charge in [0.1, 0.15) is 11.9 Å². The summed E-state index contributed by atoms with van der Waals surface area (Å²) in [5.74, 6) is -1.62. The van der Waals surface area contributed by atoms with Crippen molar-refractivity contribution in [2.24, 2.45) is 11.3 Å². The van der Waals surface area contributed by atoms with Gasteiger partial charge < -0.3 is 4.74 Å². The summed E-state index contributed by atoms with van der Waals surface area (Å²) in [6.07, 6.45) is 4.87. The van der Waals surface area contributed by atoms with Crippen molar-refractivity contribution in [1.82, 2.24) is 0 Å². The Balaban J connectivity index is 1.85. The van der Waals surface area contributed by atoms with Crippen LogP contribution in [-0.2, 0) is 14.3 Å². The molecule has 0 bridgehead atoms. The molecule has 2 saturated carbocycles. The summed E-state index contributed by atoms with van der Waals surface area (Å²) in [6, 6.07) is 11.5. The van der Waals surface area contributed by atoms with Gasteiger partial charge in [-0.1, -0.05) is 36.8 Å². The Morgan fingerprint density at radius 1 is 1.17 bits per heavy atom. The Labute approximate surface area is 136 Å². The third-order valence-corrected chi connectivity index (χ3v) is 5.15. The van der Waals surface area contributed by atoms with E-state index in [1.807, 2.05) is 30.3 Å². The van der Waals surface area contributed by atoms with Crippen LogP contribution in [0.1, 0.15) is 50.5 Å². The average Bonchev–Trinajstić information content (AvgIpc) is 3.27. The molecule has 1 aromatic carbocycles. The van der Waals surface area contributed by atoms with Gasteiger partial charge >= 0.3 is 5.97 Å². The van der Waals surface area contributed by atoms with Crippen molar-refractivity contribution in [3.63, 3.8) is 0 Å². The Kier molecular flexibility index (Phi) is 4.21. The number of hydrogen-bond donors (Lipinski definition) is 0. The second kappa shape index (κ2) is 6.16. The van der Waals surface area contributed by atoms with Gasteiger partial charge in [-0.3, -0.25) is 9.59 Å². The number of benzene rings is 1. The summed E-state index contributed by atoms with van der Waals surface area (Å²) in [5.41, 5.74) is -0.486. The molecule has 4 heteroatoms. The molecule has 1 aromatic rings. The minimum Gasteiger partial charge on any atom is -0.461 e. The molecule has 0 amide bonds. The Hall–Kier alpha value is -2.15. The molecule has 0 aromatic heterocycles. The highest BCUT2D eigenvalue weighted by Gasteiger charge is 2.74. The maximum Gasteiger partial charge on any atom is 0.328 e. The predicted molar refractivity (Wildman–Crippen MR) is 84.4 cm³/mol. The number of hydrogen-bond acceptors (Lipinski definition) is 4. The van der Waals surface area contributed by atoms with Crippen LogP contribution in [0.3, 0.4) is 0 Å². The second-order valence-electron chi connectivity index (χ2n) is 6.62. The summed E-state index contributed by atoms with van der Waals surface area (Å²) in [5, 5.41) is 9.70. The number of ether oxygens (including phenoxy) is 1. The number of nitriles is 1. The van der Waals surface area contributed by atoms with Crippen LogP contribution < -0.4 is 0 Å². The summed E-state index contributed by atoms with van der Waals surface area (Å²) in [4.78, 5) is 24.7. The van der Waals surface area contributed by atoms with Gasteiger partial charge in [0.25, 0.3) is 0 Å². The van der Waals surface area contributed by atoms with E-state index >= 15 is 0 Å². The lowest BCUT2D eigenvalue weighted by Gasteiger charge is -2.23. The highest BCUT2D eigenvalue weighted by Crippen LogP contribution is 2.65.